The van der Waals surface area contributed by atoms with Crippen molar-refractivity contribution in [2.45, 2.75) is 19.8 Å². The van der Waals surface area contributed by atoms with Crippen LogP contribution < -0.4 is 5.32 Å². The number of fused-ring (bicyclic) bond motifs is 1. The van der Waals surface area contributed by atoms with E-state index in [1.807, 2.05) is 24.3 Å². The second-order valence-electron chi connectivity index (χ2n) is 5.03. The summed E-state index contributed by atoms with van der Waals surface area (Å²) in [5.41, 5.74) is 0.721. The number of hydrogen-bond donors (Lipinski definition) is 1. The standard InChI is InChI=1S/C15H15N3O2S/c1-9(2)14-17-18-15(21-14)16-8-11(19)13-7-10-5-3-4-6-12(10)20-13/h3-7,9H,8H2,1-2H3,(H,16,18). The van der Waals surface area contributed by atoms with Crippen LogP contribution in [0.4, 0.5) is 5.13 Å². The highest BCUT2D eigenvalue weighted by molar-refractivity contribution is 7.15. The number of nitrogens with one attached hydrogen (secondary N) is 1. The van der Waals surface area contributed by atoms with Gasteiger partial charge >= 0.3 is 0 Å². The summed E-state index contributed by atoms with van der Waals surface area (Å²) in [7, 11) is 0. The van der Waals surface area contributed by atoms with Crippen molar-refractivity contribution < 1.29 is 9.21 Å². The average Bonchev–Trinajstić information content (AvgIpc) is 3.11. The number of anilines is 1. The van der Waals surface area contributed by atoms with Gasteiger partial charge in [-0.3, -0.25) is 4.79 Å². The van der Waals surface area contributed by atoms with Gasteiger partial charge in [-0.25, -0.2) is 0 Å². The molecule has 0 atom stereocenters. The molecule has 3 rings (SSSR count). The van der Waals surface area contributed by atoms with Crippen LogP contribution in [0, 0.1) is 0 Å². The molecule has 0 radical (unpaired) electrons. The molecule has 5 nitrogen and oxygen atoms in total. The monoisotopic (exact) mass is 301 g/mol. The topological polar surface area (TPSA) is 68.0 Å². The molecule has 1 N–H and O–H groups in total. The minimum Gasteiger partial charge on any atom is -0.453 e. The Balaban J connectivity index is 1.68. The van der Waals surface area contributed by atoms with Crippen LogP contribution in [0.25, 0.3) is 11.0 Å². The highest BCUT2D eigenvalue weighted by Crippen LogP contribution is 2.23. The lowest BCUT2D eigenvalue weighted by Crippen LogP contribution is -2.13. The molecule has 2 heterocycles. The SMILES string of the molecule is CC(C)c1nnc(NCC(=O)c2cc3ccccc3o2)s1. The highest BCUT2D eigenvalue weighted by atomic mass is 32.1. The number of ketones is 1. The molecule has 0 amide bonds. The molecule has 0 aliphatic rings. The van der Waals surface area contributed by atoms with Crippen molar-refractivity contribution in [2.24, 2.45) is 0 Å². The first-order valence-electron chi connectivity index (χ1n) is 6.72. The van der Waals surface area contributed by atoms with Gasteiger partial charge in [-0.05, 0) is 12.1 Å². The lowest BCUT2D eigenvalue weighted by molar-refractivity contribution is 0.0982. The van der Waals surface area contributed by atoms with E-state index in [0.29, 0.717) is 16.8 Å². The third-order valence-electron chi connectivity index (χ3n) is 3.04. The number of rotatable bonds is 5. The summed E-state index contributed by atoms with van der Waals surface area (Å²) in [4.78, 5) is 12.1. The van der Waals surface area contributed by atoms with Crippen molar-refractivity contribution in [1.82, 2.24) is 10.2 Å². The lowest BCUT2D eigenvalue weighted by atomic mass is 10.2. The molecule has 108 valence electrons. The van der Waals surface area contributed by atoms with E-state index < -0.39 is 0 Å². The van der Waals surface area contributed by atoms with E-state index in [9.17, 15) is 4.79 Å². The summed E-state index contributed by atoms with van der Waals surface area (Å²) in [5, 5.41) is 13.6. The second-order valence-corrected chi connectivity index (χ2v) is 6.03. The number of aromatic nitrogens is 2. The molecule has 0 saturated heterocycles. The molecule has 2 aromatic heterocycles. The van der Waals surface area contributed by atoms with Crippen LogP contribution in [0.1, 0.15) is 35.3 Å². The van der Waals surface area contributed by atoms with Gasteiger partial charge in [0.25, 0.3) is 0 Å². The van der Waals surface area contributed by atoms with E-state index >= 15 is 0 Å². The number of nitrogens with zero attached hydrogens (tertiary/aromatic N) is 2. The van der Waals surface area contributed by atoms with Crippen molar-refractivity contribution in [3.63, 3.8) is 0 Å². The van der Waals surface area contributed by atoms with Gasteiger partial charge in [0, 0.05) is 11.3 Å². The molecule has 0 saturated carbocycles. The average molecular weight is 301 g/mol. The van der Waals surface area contributed by atoms with Gasteiger partial charge in [-0.2, -0.15) is 0 Å². The number of benzene rings is 1. The summed E-state index contributed by atoms with van der Waals surface area (Å²) < 4.78 is 5.54. The smallest absolute Gasteiger partial charge is 0.217 e. The van der Waals surface area contributed by atoms with Gasteiger partial charge in [-0.1, -0.05) is 43.4 Å². The first-order valence-corrected chi connectivity index (χ1v) is 7.54. The lowest BCUT2D eigenvalue weighted by Gasteiger charge is -1.98. The third kappa shape index (κ3) is 2.95. The van der Waals surface area contributed by atoms with E-state index in [0.717, 1.165) is 16.0 Å². The quantitative estimate of drug-likeness (QED) is 0.728. The number of para-hydroxylation sites is 1. The van der Waals surface area contributed by atoms with E-state index in [-0.39, 0.29) is 12.3 Å². The number of Topliss-reactive ketones (excluding diaryl/α,β-unsaturated/α-hetero) is 1. The zero-order chi connectivity index (χ0) is 14.8. The van der Waals surface area contributed by atoms with Crippen molar-refractivity contribution in [3.8, 4) is 0 Å². The molecule has 3 aromatic rings. The van der Waals surface area contributed by atoms with Gasteiger partial charge < -0.3 is 9.73 Å². The first-order chi connectivity index (χ1) is 10.1. The van der Waals surface area contributed by atoms with Crippen LogP contribution >= 0.6 is 11.3 Å². The molecule has 6 heteroatoms. The first kappa shape index (κ1) is 13.8. The number of carbonyl (C=O) groups excluding carboxylic acids is 1. The zero-order valence-corrected chi connectivity index (χ0v) is 12.6. The maximum Gasteiger partial charge on any atom is 0.217 e. The van der Waals surface area contributed by atoms with Crippen LogP contribution in [0.15, 0.2) is 34.7 Å². The van der Waals surface area contributed by atoms with Crippen molar-refractivity contribution in [3.05, 3.63) is 41.1 Å². The molecule has 0 aliphatic heterocycles. The number of furan rings is 1. The Bertz CT molecular complexity index is 743. The van der Waals surface area contributed by atoms with Crippen LogP contribution in [-0.4, -0.2) is 22.5 Å². The molecule has 0 bridgehead atoms. The van der Waals surface area contributed by atoms with Gasteiger partial charge in [0.15, 0.2) is 5.76 Å². The number of hydrogen-bond acceptors (Lipinski definition) is 6. The Kier molecular flexibility index (Phi) is 3.70. The van der Waals surface area contributed by atoms with Gasteiger partial charge in [0.05, 0.1) is 6.54 Å². The number of carbonyl (C=O) groups is 1. The molecule has 0 fully saturated rings. The van der Waals surface area contributed by atoms with E-state index in [4.69, 9.17) is 4.42 Å². The fourth-order valence-electron chi connectivity index (χ4n) is 1.90. The summed E-state index contributed by atoms with van der Waals surface area (Å²) >= 11 is 1.47. The fraction of sp³-hybridized carbons (Fsp3) is 0.267. The van der Waals surface area contributed by atoms with Gasteiger partial charge in [0.2, 0.25) is 10.9 Å². The van der Waals surface area contributed by atoms with E-state index in [2.05, 4.69) is 29.4 Å². The minimum atomic E-state index is -0.104. The summed E-state index contributed by atoms with van der Waals surface area (Å²) in [6.07, 6.45) is 0. The normalized spacial score (nSPS) is 11.2. The predicted molar refractivity (Wildman–Crippen MR) is 83.0 cm³/mol. The summed E-state index contributed by atoms with van der Waals surface area (Å²) in [5.74, 6) is 0.592. The van der Waals surface area contributed by atoms with E-state index in [1.165, 1.54) is 11.3 Å². The summed E-state index contributed by atoms with van der Waals surface area (Å²) in [6, 6.07) is 9.33. The second kappa shape index (κ2) is 5.65. The maximum atomic E-state index is 12.1. The van der Waals surface area contributed by atoms with E-state index in [1.54, 1.807) is 6.07 Å². The maximum absolute atomic E-state index is 12.1. The molecular formula is C15H15N3O2S. The molecule has 0 aliphatic carbocycles. The minimum absolute atomic E-state index is 0.104. The molecule has 0 spiro atoms. The molecule has 1 aromatic carbocycles. The van der Waals surface area contributed by atoms with Crippen LogP contribution in [0.2, 0.25) is 0 Å². The zero-order valence-electron chi connectivity index (χ0n) is 11.8. The molecule has 0 unspecified atom stereocenters. The van der Waals surface area contributed by atoms with Gasteiger partial charge in [-0.15, -0.1) is 10.2 Å². The van der Waals surface area contributed by atoms with Crippen LogP contribution in [0.3, 0.4) is 0 Å². The highest BCUT2D eigenvalue weighted by Gasteiger charge is 2.13. The summed E-state index contributed by atoms with van der Waals surface area (Å²) in [6.45, 7) is 4.26. The van der Waals surface area contributed by atoms with Crippen molar-refractivity contribution >= 4 is 33.2 Å². The van der Waals surface area contributed by atoms with Crippen molar-refractivity contribution in [2.75, 3.05) is 11.9 Å². The molecular weight excluding hydrogens is 286 g/mol. The van der Waals surface area contributed by atoms with Gasteiger partial charge in [0.1, 0.15) is 10.6 Å². The Hall–Kier alpha value is -2.21. The largest absolute Gasteiger partial charge is 0.453 e. The fourth-order valence-corrected chi connectivity index (χ4v) is 2.64. The van der Waals surface area contributed by atoms with Crippen LogP contribution in [-0.2, 0) is 0 Å². The van der Waals surface area contributed by atoms with Crippen molar-refractivity contribution in [1.29, 1.82) is 0 Å². The van der Waals surface area contributed by atoms with Crippen LogP contribution in [0.5, 0.6) is 0 Å². The Morgan fingerprint density at radius 1 is 1.33 bits per heavy atom. The Morgan fingerprint density at radius 2 is 2.14 bits per heavy atom. The third-order valence-corrected chi connectivity index (χ3v) is 4.22. The Labute approximate surface area is 126 Å². The predicted octanol–water partition coefficient (Wildman–Crippen LogP) is 3.70. The molecule has 21 heavy (non-hydrogen) atoms. The Morgan fingerprint density at radius 3 is 2.86 bits per heavy atom.